The second-order valence-corrected chi connectivity index (χ2v) is 16.7. The van der Waals surface area contributed by atoms with Gasteiger partial charge in [0.05, 0.1) is 0 Å². The molecule has 0 aromatic heterocycles. The predicted molar refractivity (Wildman–Crippen MR) is 249 cm³/mol. The summed E-state index contributed by atoms with van der Waals surface area (Å²) in [4.78, 5) is 19.8. The van der Waals surface area contributed by atoms with E-state index < -0.39 is 0 Å². The zero-order valence-electron chi connectivity index (χ0n) is 37.9. The van der Waals surface area contributed by atoms with Gasteiger partial charge in [-0.15, -0.1) is 0 Å². The number of rotatable bonds is 40. The summed E-state index contributed by atoms with van der Waals surface area (Å²) < 4.78 is 0. The second kappa shape index (κ2) is 41.4. The normalized spacial score (nSPS) is 14.6. The molecule has 0 radical (unpaired) electrons. The highest BCUT2D eigenvalue weighted by Crippen LogP contribution is 2.16. The molecule has 0 bridgehead atoms. The Morgan fingerprint density at radius 2 is 0.946 bits per heavy atom. The fourth-order valence-electron chi connectivity index (χ4n) is 7.71. The summed E-state index contributed by atoms with van der Waals surface area (Å²) in [6.07, 6.45) is 52.7. The summed E-state index contributed by atoms with van der Waals surface area (Å²) in [6, 6.07) is 0.575. The highest BCUT2D eigenvalue weighted by molar-refractivity contribution is 5.73. The van der Waals surface area contributed by atoms with Crippen molar-refractivity contribution in [3.8, 4) is 0 Å². The fourth-order valence-corrected chi connectivity index (χ4v) is 7.71. The molecule has 1 aliphatic heterocycles. The van der Waals surface area contributed by atoms with E-state index in [1.807, 2.05) is 7.05 Å². The zero-order valence-corrected chi connectivity index (χ0v) is 37.9. The minimum absolute atomic E-state index is 0.214. The Morgan fingerprint density at radius 3 is 1.38 bits per heavy atom. The predicted octanol–water partition coefficient (Wildman–Crippen LogP) is 12.0. The molecule has 56 heavy (non-hydrogen) atoms. The van der Waals surface area contributed by atoms with Gasteiger partial charge in [0, 0.05) is 78.4 Å². The Labute approximate surface area is 349 Å². The first-order chi connectivity index (χ1) is 27.6. The number of hydrogen-bond donors (Lipinski definition) is 2. The summed E-state index contributed by atoms with van der Waals surface area (Å²) >= 11 is 0. The zero-order chi connectivity index (χ0) is 40.4. The van der Waals surface area contributed by atoms with Crippen molar-refractivity contribution in [3.05, 3.63) is 48.6 Å². The molecule has 2 N–H and O–H groups in total. The molecule has 0 atom stereocenters. The van der Waals surface area contributed by atoms with Crippen molar-refractivity contribution < 1.29 is 4.79 Å². The van der Waals surface area contributed by atoms with Gasteiger partial charge in [0.25, 0.3) is 0 Å². The molecule has 0 aromatic rings. The van der Waals surface area contributed by atoms with Gasteiger partial charge in [0.15, 0.2) is 0 Å². The first-order valence-corrected chi connectivity index (χ1v) is 24.3. The third-order valence-corrected chi connectivity index (χ3v) is 11.6. The number of piperazine rings is 1. The lowest BCUT2D eigenvalue weighted by atomic mass is 9.99. The minimum Gasteiger partial charge on any atom is -0.340 e. The summed E-state index contributed by atoms with van der Waals surface area (Å²) in [7, 11) is 2.03. The summed E-state index contributed by atoms with van der Waals surface area (Å²) in [5.74, 6) is 0.214. The average Bonchev–Trinajstić information content (AvgIpc) is 3.20. The Bertz CT molecular complexity index is 905. The van der Waals surface area contributed by atoms with Crippen LogP contribution in [0.5, 0.6) is 0 Å². The topological polar surface area (TPSA) is 50.9 Å². The van der Waals surface area contributed by atoms with Crippen molar-refractivity contribution >= 4 is 5.91 Å². The number of amides is 1. The molecule has 0 aromatic carbocycles. The summed E-state index contributed by atoms with van der Waals surface area (Å²) in [5.41, 5.74) is 0. The van der Waals surface area contributed by atoms with E-state index in [2.05, 4.69) is 87.8 Å². The van der Waals surface area contributed by atoms with E-state index in [4.69, 9.17) is 0 Å². The Balaban J connectivity index is 2.33. The molecule has 1 rings (SSSR count). The number of nitrogens with one attached hydrogen (secondary N) is 2. The number of nitrogens with zero attached hydrogens (tertiary/aromatic N) is 3. The van der Waals surface area contributed by atoms with Crippen molar-refractivity contribution in [2.75, 3.05) is 72.5 Å². The maximum absolute atomic E-state index is 12.6. The monoisotopic (exact) mass is 782 g/mol. The average molecular weight is 782 g/mol. The first kappa shape index (κ1) is 52.3. The van der Waals surface area contributed by atoms with Gasteiger partial charge in [-0.1, -0.05) is 152 Å². The van der Waals surface area contributed by atoms with Gasteiger partial charge in [-0.25, -0.2) is 0 Å². The van der Waals surface area contributed by atoms with Crippen LogP contribution in [0.25, 0.3) is 0 Å². The van der Waals surface area contributed by atoms with E-state index in [1.54, 1.807) is 6.92 Å². The molecular formula is C50H95N5O. The smallest absolute Gasteiger partial charge is 0.219 e. The number of unbranched alkanes of at least 4 members (excludes halogenated alkanes) is 18. The van der Waals surface area contributed by atoms with Gasteiger partial charge in [0.2, 0.25) is 5.91 Å². The fraction of sp³-hybridized carbons (Fsp3) is 0.820. The van der Waals surface area contributed by atoms with Crippen LogP contribution in [0.3, 0.4) is 0 Å². The molecule has 326 valence electrons. The lowest BCUT2D eigenvalue weighted by Crippen LogP contribution is -2.50. The maximum atomic E-state index is 12.6. The van der Waals surface area contributed by atoms with Crippen molar-refractivity contribution in [3.63, 3.8) is 0 Å². The molecule has 0 aliphatic carbocycles. The van der Waals surface area contributed by atoms with E-state index in [0.29, 0.717) is 6.04 Å². The standard InChI is InChI=1S/C50H95N5O/c1-5-7-9-11-13-15-17-19-21-23-25-27-29-31-33-35-37-50(38-36-34-32-30-28-26-24-22-20-18-16-14-12-10-8-6-2)52-40-42-55(49(3)56)48-47-54-45-43-53(44-46-54)41-39-51-4/h13-16,19-22,50-52H,5-12,17-18,23-48H2,1-4H3/b15-13-,16-14-,21-19-,22-20-. The molecule has 1 fully saturated rings. The molecule has 0 spiro atoms. The van der Waals surface area contributed by atoms with Crippen molar-refractivity contribution in [2.24, 2.45) is 0 Å². The lowest BCUT2D eigenvalue weighted by molar-refractivity contribution is -0.129. The van der Waals surface area contributed by atoms with Crippen molar-refractivity contribution in [2.45, 2.75) is 194 Å². The Morgan fingerprint density at radius 1 is 0.536 bits per heavy atom. The molecule has 1 heterocycles. The van der Waals surface area contributed by atoms with Crippen molar-refractivity contribution in [1.82, 2.24) is 25.3 Å². The largest absolute Gasteiger partial charge is 0.340 e. The van der Waals surface area contributed by atoms with Crippen LogP contribution in [-0.2, 0) is 4.79 Å². The number of hydrogen-bond acceptors (Lipinski definition) is 5. The number of carbonyl (C=O) groups excluding carboxylic acids is 1. The van der Waals surface area contributed by atoms with Crippen LogP contribution in [-0.4, -0.2) is 99.1 Å². The minimum atomic E-state index is 0.214. The van der Waals surface area contributed by atoms with E-state index >= 15 is 0 Å². The molecule has 1 saturated heterocycles. The van der Waals surface area contributed by atoms with Crippen molar-refractivity contribution in [1.29, 1.82) is 0 Å². The van der Waals surface area contributed by atoms with Crippen LogP contribution in [0.1, 0.15) is 188 Å². The van der Waals surface area contributed by atoms with E-state index in [-0.39, 0.29) is 5.91 Å². The summed E-state index contributed by atoms with van der Waals surface area (Å²) in [6.45, 7) is 16.5. The molecular weight excluding hydrogens is 687 g/mol. The van der Waals surface area contributed by atoms with E-state index in [1.165, 1.54) is 154 Å². The quantitative estimate of drug-likeness (QED) is 0.0479. The maximum Gasteiger partial charge on any atom is 0.219 e. The SMILES string of the molecule is CCCCC/C=C\C/C=C\CCCCCCCCC(CCCCCCCC/C=C\C/C=C\CCCCC)NCCN(CCN1CCN(CCNC)CC1)C(C)=O. The van der Waals surface area contributed by atoms with Gasteiger partial charge in [-0.2, -0.15) is 0 Å². The summed E-state index contributed by atoms with van der Waals surface area (Å²) in [5, 5.41) is 7.19. The van der Waals surface area contributed by atoms with Gasteiger partial charge in [-0.3, -0.25) is 14.6 Å². The van der Waals surface area contributed by atoms with Crippen LogP contribution < -0.4 is 10.6 Å². The second-order valence-electron chi connectivity index (χ2n) is 16.7. The van der Waals surface area contributed by atoms with Crippen LogP contribution >= 0.6 is 0 Å². The highest BCUT2D eigenvalue weighted by Gasteiger charge is 2.18. The molecule has 0 unspecified atom stereocenters. The number of carbonyl (C=O) groups is 1. The van der Waals surface area contributed by atoms with E-state index in [0.717, 1.165) is 78.3 Å². The molecule has 1 amide bonds. The number of allylic oxidation sites excluding steroid dienone is 8. The lowest BCUT2D eigenvalue weighted by Gasteiger charge is -2.35. The van der Waals surface area contributed by atoms with Crippen LogP contribution in [0.15, 0.2) is 48.6 Å². The Hall–Kier alpha value is -1.73. The van der Waals surface area contributed by atoms with Gasteiger partial charge >= 0.3 is 0 Å². The third kappa shape index (κ3) is 34.3. The van der Waals surface area contributed by atoms with Gasteiger partial charge < -0.3 is 15.5 Å². The Kier molecular flexibility index (Phi) is 38.7. The van der Waals surface area contributed by atoms with Gasteiger partial charge in [-0.05, 0) is 84.1 Å². The number of likely N-dealkylation sites (N-methyl/N-ethyl adjacent to an activating group) is 1. The van der Waals surface area contributed by atoms with E-state index in [9.17, 15) is 4.79 Å². The molecule has 6 heteroatoms. The van der Waals surface area contributed by atoms with Crippen LogP contribution in [0.4, 0.5) is 0 Å². The van der Waals surface area contributed by atoms with Crippen LogP contribution in [0.2, 0.25) is 0 Å². The highest BCUT2D eigenvalue weighted by atomic mass is 16.2. The molecule has 6 nitrogen and oxygen atoms in total. The molecule has 1 aliphatic rings. The third-order valence-electron chi connectivity index (χ3n) is 11.6. The van der Waals surface area contributed by atoms with Crippen LogP contribution in [0, 0.1) is 0 Å². The first-order valence-electron chi connectivity index (χ1n) is 24.3. The molecule has 0 saturated carbocycles. The van der Waals surface area contributed by atoms with Gasteiger partial charge in [0.1, 0.15) is 0 Å².